The minimum Gasteiger partial charge on any atom is -0.508 e. The zero-order chi connectivity index (χ0) is 68.7. The number of aryl methyl sites for hydroxylation is 2. The van der Waals surface area contributed by atoms with Gasteiger partial charge in [0.05, 0.1) is 0 Å². The molecular formula is C67H119F13N4O3Si4. The molecular weight excluding hydrogens is 1270 g/mol. The van der Waals surface area contributed by atoms with Crippen LogP contribution in [0.3, 0.4) is 0 Å². The predicted molar refractivity (Wildman–Crippen MR) is 361 cm³/mol. The molecule has 0 radical (unpaired) electrons. The molecule has 0 fully saturated rings. The summed E-state index contributed by atoms with van der Waals surface area (Å²) in [5.41, 5.74) is 5.05. The second kappa shape index (κ2) is 41.1. The summed E-state index contributed by atoms with van der Waals surface area (Å²) in [6.45, 7) is 20.8. The lowest BCUT2D eigenvalue weighted by molar-refractivity contribution is -0.439. The third-order valence-corrected chi connectivity index (χ3v) is 32.7. The van der Waals surface area contributed by atoms with Crippen molar-refractivity contribution in [1.29, 1.82) is 0 Å². The normalized spacial score (nSPS) is 15.1. The fourth-order valence-corrected chi connectivity index (χ4v) is 27.3. The van der Waals surface area contributed by atoms with Gasteiger partial charge >= 0.3 is 35.8 Å². The van der Waals surface area contributed by atoms with Crippen LogP contribution in [0.1, 0.15) is 197 Å². The summed E-state index contributed by atoms with van der Waals surface area (Å²) in [6.07, 6.45) is 15.2. The number of phenols is 2. The molecule has 0 aliphatic heterocycles. The summed E-state index contributed by atoms with van der Waals surface area (Å²) < 4.78 is 190. The lowest BCUT2D eigenvalue weighted by atomic mass is 9.93. The molecule has 0 saturated heterocycles. The van der Waals surface area contributed by atoms with Crippen molar-refractivity contribution in [3.63, 3.8) is 0 Å². The number of halogens is 13. The van der Waals surface area contributed by atoms with Crippen LogP contribution >= 0.6 is 0 Å². The summed E-state index contributed by atoms with van der Waals surface area (Å²) in [6, 6.07) is 11.2. The van der Waals surface area contributed by atoms with Crippen molar-refractivity contribution in [2.45, 2.75) is 297 Å². The Bertz CT molecular complexity index is 2290. The van der Waals surface area contributed by atoms with Gasteiger partial charge in [0.25, 0.3) is 0 Å². The molecule has 4 atom stereocenters. The van der Waals surface area contributed by atoms with E-state index in [1.54, 1.807) is 6.07 Å². The highest BCUT2D eigenvalue weighted by Gasteiger charge is 2.90. The van der Waals surface area contributed by atoms with Crippen LogP contribution in [-0.4, -0.2) is 146 Å². The molecule has 4 unspecified atom stereocenters. The highest BCUT2D eigenvalue weighted by molar-refractivity contribution is 6.86. The van der Waals surface area contributed by atoms with Gasteiger partial charge < -0.3 is 34.8 Å². The molecule has 532 valence electrons. The quantitative estimate of drug-likeness (QED) is 0.0299. The number of unbranched alkanes of at least 4 members (excludes halogenated alkanes) is 10. The molecule has 7 nitrogen and oxygen atoms in total. The average molecular weight is 1390 g/mol. The van der Waals surface area contributed by atoms with Crippen molar-refractivity contribution in [2.75, 3.05) is 54.4 Å². The van der Waals surface area contributed by atoms with Gasteiger partial charge in [0, 0.05) is 49.7 Å². The van der Waals surface area contributed by atoms with E-state index in [2.05, 4.69) is 86.2 Å². The lowest BCUT2D eigenvalue weighted by Gasteiger charge is -2.43. The molecule has 0 heterocycles. The molecule has 0 aliphatic carbocycles. The predicted octanol–water partition coefficient (Wildman–Crippen LogP) is 19.3. The van der Waals surface area contributed by atoms with Crippen LogP contribution in [0.2, 0.25) is 60.9 Å². The maximum absolute atomic E-state index is 15.1. The van der Waals surface area contributed by atoms with Gasteiger partial charge in [-0.25, -0.2) is 0 Å². The SMILES string of the molecule is CCCC(CCC(CCCCCCCCc1ccc(CN(C)CCCNC)c(O)c1)[SiH2]C)[Si](C)(C)O[Si](C)(C)C(CCC)CCC(CCCCCCCCc1ccc(CN(C)CCCNC)c(O)c1)[SiH2]CCC(F)(F)C(F)(F)C(F)(F)C(F)(F)C(F)(F)C(F)(F)F. The van der Waals surface area contributed by atoms with Crippen LogP contribution in [0, 0.1) is 0 Å². The topological polar surface area (TPSA) is 80.2 Å². The number of benzene rings is 2. The molecule has 4 N–H and O–H groups in total. The zero-order valence-electron chi connectivity index (χ0n) is 57.3. The van der Waals surface area contributed by atoms with Gasteiger partial charge in [0.15, 0.2) is 16.6 Å². The molecule has 0 amide bonds. The lowest BCUT2D eigenvalue weighted by Crippen LogP contribution is -2.70. The Hall–Kier alpha value is -2.20. The van der Waals surface area contributed by atoms with Crippen LogP contribution in [0.5, 0.6) is 11.5 Å². The third-order valence-electron chi connectivity index (χ3n) is 19.1. The van der Waals surface area contributed by atoms with Crippen molar-refractivity contribution >= 4 is 35.7 Å². The van der Waals surface area contributed by atoms with E-state index in [-0.39, 0.29) is 26.4 Å². The van der Waals surface area contributed by atoms with Crippen LogP contribution in [0.25, 0.3) is 0 Å². The highest BCUT2D eigenvalue weighted by Crippen LogP contribution is 2.61. The number of aromatic hydroxyl groups is 2. The standard InChI is InChI=1S/C67H119F13N4O3Si4/c1-12-28-58(40-38-56(88-7)32-24-20-16-14-18-22-30-52-34-36-54(60(85)48-52)50-83(5)45-26-43-81-3)90(8,9)87-91(10,11)59(29-13-2)41-39-57(89-47-42-62(68,69)63(70,71)64(72,73)65(74,75)66(76,77)67(78,79)80)33-25-21-17-15-19-23-31-53-35-37-55(61(86)49-53)51-84(6)46-27-44-82-4/h34-37,48-49,56-59,81-82,85-86H,12-33,38-47,50-51,88-89H2,1-11H3. The van der Waals surface area contributed by atoms with E-state index in [1.807, 2.05) is 39.3 Å². The van der Waals surface area contributed by atoms with Crippen LogP contribution in [-0.2, 0) is 30.0 Å². The van der Waals surface area contributed by atoms with Gasteiger partial charge in [-0.3, -0.25) is 0 Å². The maximum Gasteiger partial charge on any atom is 0.460 e. The van der Waals surface area contributed by atoms with Crippen molar-refractivity contribution in [3.8, 4) is 11.5 Å². The van der Waals surface area contributed by atoms with Crippen LogP contribution in [0.15, 0.2) is 36.4 Å². The fraction of sp³-hybridized carbons (Fsp3) is 0.821. The van der Waals surface area contributed by atoms with Gasteiger partial charge in [-0.15, -0.1) is 0 Å². The van der Waals surface area contributed by atoms with Gasteiger partial charge in [-0.1, -0.05) is 190 Å². The van der Waals surface area contributed by atoms with Crippen molar-refractivity contribution in [2.24, 2.45) is 0 Å². The second-order valence-electron chi connectivity index (χ2n) is 27.6. The number of alkyl halides is 13. The Morgan fingerprint density at radius 2 is 0.879 bits per heavy atom. The summed E-state index contributed by atoms with van der Waals surface area (Å²) in [4.78, 5) is 4.38. The first kappa shape index (κ1) is 84.9. The van der Waals surface area contributed by atoms with Crippen molar-refractivity contribution < 1.29 is 71.4 Å². The minimum atomic E-state index is -7.89. The Morgan fingerprint density at radius 1 is 0.495 bits per heavy atom. The molecule has 2 aromatic carbocycles. The summed E-state index contributed by atoms with van der Waals surface area (Å²) in [5.74, 6) is -36.0. The first-order chi connectivity index (χ1) is 42.5. The van der Waals surface area contributed by atoms with Gasteiger partial charge in [0.1, 0.15) is 11.5 Å². The van der Waals surface area contributed by atoms with E-state index in [1.165, 1.54) is 44.1 Å². The van der Waals surface area contributed by atoms with E-state index in [0.29, 0.717) is 43.5 Å². The molecule has 0 spiro atoms. The number of rotatable bonds is 53. The van der Waals surface area contributed by atoms with E-state index in [4.69, 9.17) is 4.12 Å². The molecule has 24 heteroatoms. The maximum atomic E-state index is 15.1. The number of phenolic OH excluding ortho intramolecular Hbond substituents is 2. The Labute approximate surface area is 546 Å². The van der Waals surface area contributed by atoms with Gasteiger partial charge in [-0.05, 0) is 153 Å². The smallest absolute Gasteiger partial charge is 0.460 e. The van der Waals surface area contributed by atoms with E-state index in [0.717, 1.165) is 158 Å². The molecule has 91 heavy (non-hydrogen) atoms. The van der Waals surface area contributed by atoms with Gasteiger partial charge in [0.2, 0.25) is 0 Å². The van der Waals surface area contributed by atoms with E-state index < -0.39 is 74.4 Å². The van der Waals surface area contributed by atoms with Gasteiger partial charge in [-0.2, -0.15) is 57.1 Å². The molecule has 0 aliphatic rings. The van der Waals surface area contributed by atoms with Crippen LogP contribution in [0.4, 0.5) is 57.1 Å². The number of nitrogens with zero attached hydrogens (tertiary/aromatic N) is 2. The monoisotopic (exact) mass is 1390 g/mol. The van der Waals surface area contributed by atoms with Crippen molar-refractivity contribution in [1.82, 2.24) is 20.4 Å². The molecule has 2 aromatic rings. The highest BCUT2D eigenvalue weighted by atomic mass is 28.4. The Kier molecular flexibility index (Phi) is 38.4. The second-order valence-corrected chi connectivity index (χ2v) is 40.9. The van der Waals surface area contributed by atoms with E-state index in [9.17, 15) is 58.5 Å². The summed E-state index contributed by atoms with van der Waals surface area (Å²) >= 11 is 0. The third kappa shape index (κ3) is 28.0. The Morgan fingerprint density at radius 3 is 1.26 bits per heavy atom. The first-order valence-electron chi connectivity index (χ1n) is 34.5. The van der Waals surface area contributed by atoms with E-state index >= 15 is 8.78 Å². The zero-order valence-corrected chi connectivity index (χ0v) is 62.2. The Balaban J connectivity index is 2.09. The van der Waals surface area contributed by atoms with Crippen LogP contribution < -0.4 is 10.6 Å². The number of nitrogens with one attached hydrogen (secondary N) is 2. The summed E-state index contributed by atoms with van der Waals surface area (Å²) in [7, 11) is 0.986. The molecule has 0 saturated carbocycles. The molecule has 0 aromatic heterocycles. The first-order valence-corrected chi connectivity index (χ1v) is 44.5. The molecule has 0 bridgehead atoms. The minimum absolute atomic E-state index is 0.129. The number of hydrogen-bond donors (Lipinski definition) is 4. The largest absolute Gasteiger partial charge is 0.508 e. The average Bonchev–Trinajstić information content (AvgIpc) is 0.714. The van der Waals surface area contributed by atoms with Crippen molar-refractivity contribution in [3.05, 3.63) is 58.7 Å². The fourth-order valence-electron chi connectivity index (χ4n) is 13.2. The molecule has 2 rings (SSSR count). The number of hydrogen-bond acceptors (Lipinski definition) is 7. The summed E-state index contributed by atoms with van der Waals surface area (Å²) in [5, 5.41) is 27.7.